The zero-order valence-corrected chi connectivity index (χ0v) is 15.4. The zero-order valence-electron chi connectivity index (χ0n) is 16.4. The third-order valence-corrected chi connectivity index (χ3v) is 5.63. The highest BCUT2D eigenvalue weighted by Crippen LogP contribution is 2.27. The largest absolute Gasteiger partial charge is 0.300 e. The van der Waals surface area contributed by atoms with Gasteiger partial charge in [0.25, 0.3) is 0 Å². The van der Waals surface area contributed by atoms with E-state index < -0.39 is 0 Å². The molecule has 1 saturated carbocycles. The lowest BCUT2D eigenvalue weighted by Gasteiger charge is -2.36. The first kappa shape index (κ1) is 17.5. The van der Waals surface area contributed by atoms with E-state index in [1.54, 1.807) is 12.1 Å². The van der Waals surface area contributed by atoms with Crippen LogP contribution in [-0.4, -0.2) is 34.8 Å². The molecule has 0 N–H and O–H groups in total. The molecule has 135 valence electrons. The molecule has 0 bridgehead atoms. The molecule has 1 aliphatic carbocycles. The lowest BCUT2D eigenvalue weighted by atomic mass is 9.91. The third kappa shape index (κ3) is 3.95. The van der Waals surface area contributed by atoms with E-state index in [0.717, 1.165) is 31.0 Å². The van der Waals surface area contributed by atoms with Crippen LogP contribution in [0.1, 0.15) is 53.4 Å². The van der Waals surface area contributed by atoms with Gasteiger partial charge in [0, 0.05) is 37.9 Å². The van der Waals surface area contributed by atoms with Crippen LogP contribution in [0, 0.1) is 24.2 Å². The monoisotopic (exact) mass is 355 g/mol. The Balaban J connectivity index is 0.00000225. The summed E-state index contributed by atoms with van der Waals surface area (Å²) in [6.45, 7) is 2.33. The number of hydrogen-bond acceptors (Lipinski definition) is 3. The molecule has 1 aliphatic heterocycles. The molecule has 0 saturated heterocycles. The number of carbonyl (C=O) groups excluding carboxylic acids is 1. The number of Topliss-reactive ketones (excluding diaryl/α,β-unsaturated/α-hetero) is 1. The van der Waals surface area contributed by atoms with Gasteiger partial charge in [0.15, 0.2) is 0 Å². The fourth-order valence-corrected chi connectivity index (χ4v) is 3.76. The van der Waals surface area contributed by atoms with E-state index in [4.69, 9.17) is 6.42 Å². The van der Waals surface area contributed by atoms with E-state index in [-0.39, 0.29) is 7.21 Å². The summed E-state index contributed by atoms with van der Waals surface area (Å²) in [4.78, 5) is 18.3. The normalized spacial score (nSPS) is 16.9. The van der Waals surface area contributed by atoms with Crippen LogP contribution in [0.25, 0.3) is 0 Å². The number of terminal acetylenes is 1. The fraction of sp³-hybridized carbons (Fsp3) is 0.333. The van der Waals surface area contributed by atoms with Crippen molar-refractivity contribution in [3.63, 3.8) is 0 Å². The molecule has 1 aromatic heterocycles. The molecule has 3 nitrogen and oxygen atoms in total. The van der Waals surface area contributed by atoms with Crippen molar-refractivity contribution in [2.75, 3.05) is 13.1 Å². The lowest BCUT2D eigenvalue weighted by Crippen LogP contribution is -2.41. The molecule has 27 heavy (non-hydrogen) atoms. The third-order valence-electron chi connectivity index (χ3n) is 5.63. The van der Waals surface area contributed by atoms with Crippen molar-refractivity contribution in [3.05, 3.63) is 64.5 Å². The number of pyridine rings is 1. The van der Waals surface area contributed by atoms with Crippen LogP contribution in [0.3, 0.4) is 0 Å². The highest BCUT2D eigenvalue weighted by molar-refractivity contribution is 6.08. The van der Waals surface area contributed by atoms with Crippen LogP contribution in [0.4, 0.5) is 0 Å². The molecule has 2 aliphatic rings. The van der Waals surface area contributed by atoms with Gasteiger partial charge >= 0.3 is 0 Å². The van der Waals surface area contributed by atoms with Gasteiger partial charge in [-0.15, -0.1) is 6.42 Å². The van der Waals surface area contributed by atoms with Gasteiger partial charge in [-0.05, 0) is 72.9 Å². The van der Waals surface area contributed by atoms with Crippen molar-refractivity contribution in [1.82, 2.24) is 9.88 Å². The smallest absolute Gasteiger partial charge is 0.237 e. The average molecular weight is 355 g/mol. The summed E-state index contributed by atoms with van der Waals surface area (Å²) < 4.78 is 0. The van der Waals surface area contributed by atoms with Crippen molar-refractivity contribution < 1.29 is 6.22 Å². The number of aromatic nitrogens is 1. The fourth-order valence-electron chi connectivity index (χ4n) is 3.76. The van der Waals surface area contributed by atoms with Crippen molar-refractivity contribution in [2.45, 2.75) is 38.1 Å². The van der Waals surface area contributed by atoms with E-state index in [1.807, 2.05) is 0 Å². The quantitative estimate of drug-likeness (QED) is 0.470. The molecular formula is C24H23N2O. The maximum atomic E-state index is 11.4. The number of nitrogens with zero attached hydrogens (tertiary/aromatic N) is 2. The molecule has 0 amide bonds. The van der Waals surface area contributed by atoms with Gasteiger partial charge in [-0.1, -0.05) is 18.4 Å². The van der Waals surface area contributed by atoms with E-state index in [1.165, 1.54) is 43.1 Å². The van der Waals surface area contributed by atoms with Crippen molar-refractivity contribution in [2.24, 2.45) is 0 Å². The van der Waals surface area contributed by atoms with Gasteiger partial charge in [0.05, 0.1) is 0 Å². The van der Waals surface area contributed by atoms with Crippen LogP contribution in [0.15, 0.2) is 36.5 Å². The number of fused-ring (bicyclic) bond motifs is 1. The molecule has 2 heterocycles. The van der Waals surface area contributed by atoms with Crippen molar-refractivity contribution in [1.29, 1.82) is 0 Å². The van der Waals surface area contributed by atoms with Crippen LogP contribution in [0.5, 0.6) is 0 Å². The Morgan fingerprint density at radius 2 is 1.93 bits per heavy atom. The molecule has 4 rings (SSSR count). The second-order valence-corrected chi connectivity index (χ2v) is 7.26. The van der Waals surface area contributed by atoms with Gasteiger partial charge in [-0.25, -0.2) is 4.98 Å². The summed E-state index contributed by atoms with van der Waals surface area (Å²) in [6.07, 6.45) is 13.0. The molecular weight excluding hydrogens is 332 g/mol. The van der Waals surface area contributed by atoms with Gasteiger partial charge < -0.3 is 0 Å². The number of benzene rings is 1. The molecule has 0 unspecified atom stereocenters. The number of hydrogen-bond donors (Lipinski definition) is 0. The number of carbonyl (C=O) groups is 1. The molecule has 1 radical (unpaired) electrons. The number of rotatable bonds is 2. The Bertz CT molecular complexity index is 959. The van der Waals surface area contributed by atoms with Crippen LogP contribution >= 0.6 is 0 Å². The standard InChI is InChI=1S/C24H22N2O.H/c1-2-24(27)21-9-11-22(25-17-21)10-7-18-6-8-19-12-14-26(23-4-3-5-23)15-13-20(19)16-18;/h1,6,8-9,11,16-17,23H,3-5,12-15H2;. The SMILES string of the molecule is C#CC(=O)c1ccc(C#Cc2ccc3c(c2)CCN(C2CCC2)CC3)nc1.[H]. The lowest BCUT2D eigenvalue weighted by molar-refractivity contribution is 0.105. The first-order valence-electron chi connectivity index (χ1n) is 9.58. The molecule has 0 atom stereocenters. The second-order valence-electron chi connectivity index (χ2n) is 7.26. The van der Waals surface area contributed by atoms with Crippen LogP contribution in [-0.2, 0) is 12.8 Å². The van der Waals surface area contributed by atoms with Crippen LogP contribution in [0.2, 0.25) is 0 Å². The Kier molecular flexibility index (Phi) is 5.05. The molecule has 1 fully saturated rings. The molecule has 2 aromatic rings. The maximum absolute atomic E-state index is 11.4. The van der Waals surface area contributed by atoms with Crippen LogP contribution < -0.4 is 0 Å². The van der Waals surface area contributed by atoms with E-state index in [0.29, 0.717) is 11.3 Å². The highest BCUT2D eigenvalue weighted by atomic mass is 16.1. The Morgan fingerprint density at radius 1 is 1.11 bits per heavy atom. The first-order valence-corrected chi connectivity index (χ1v) is 9.58. The van der Waals surface area contributed by atoms with Crippen molar-refractivity contribution in [3.8, 4) is 24.2 Å². The summed E-state index contributed by atoms with van der Waals surface area (Å²) in [5.41, 5.74) is 4.94. The van der Waals surface area contributed by atoms with E-state index in [9.17, 15) is 4.79 Å². The predicted octanol–water partition coefficient (Wildman–Crippen LogP) is 3.36. The number of ketones is 1. The Morgan fingerprint density at radius 3 is 2.59 bits per heavy atom. The molecule has 1 aromatic carbocycles. The molecule has 3 heteroatoms. The van der Waals surface area contributed by atoms with Gasteiger partial charge in [-0.2, -0.15) is 0 Å². The van der Waals surface area contributed by atoms with Crippen molar-refractivity contribution >= 4 is 5.78 Å². The molecule has 0 spiro atoms. The Labute approximate surface area is 162 Å². The summed E-state index contributed by atoms with van der Waals surface area (Å²) in [5, 5.41) is 0. The zero-order chi connectivity index (χ0) is 18.6. The minimum absolute atomic E-state index is 0. The van der Waals surface area contributed by atoms with Gasteiger partial charge in [-0.3, -0.25) is 9.69 Å². The maximum Gasteiger partial charge on any atom is 0.237 e. The highest BCUT2D eigenvalue weighted by Gasteiger charge is 2.26. The summed E-state index contributed by atoms with van der Waals surface area (Å²) >= 11 is 0. The summed E-state index contributed by atoms with van der Waals surface area (Å²) in [6, 6.07) is 10.8. The minimum atomic E-state index is -0.358. The summed E-state index contributed by atoms with van der Waals surface area (Å²) in [5.74, 6) is 8.01. The van der Waals surface area contributed by atoms with Gasteiger partial charge in [0.2, 0.25) is 5.78 Å². The van der Waals surface area contributed by atoms with E-state index in [2.05, 4.69) is 45.8 Å². The second kappa shape index (κ2) is 7.78. The average Bonchev–Trinajstić information content (AvgIpc) is 2.87. The summed E-state index contributed by atoms with van der Waals surface area (Å²) in [7, 11) is 0. The Hall–Kier alpha value is -2.88. The van der Waals surface area contributed by atoms with E-state index >= 15 is 0 Å². The first-order chi connectivity index (χ1) is 13.2. The minimum Gasteiger partial charge on any atom is -0.300 e. The predicted molar refractivity (Wildman–Crippen MR) is 108 cm³/mol. The van der Waals surface area contributed by atoms with Gasteiger partial charge in [0.1, 0.15) is 5.69 Å². The topological polar surface area (TPSA) is 33.2 Å².